The quantitative estimate of drug-likeness (QED) is 0.444. The van der Waals surface area contributed by atoms with E-state index in [0.29, 0.717) is 0 Å². The Balaban J connectivity index is 2.22. The molecule has 0 saturated carbocycles. The van der Waals surface area contributed by atoms with Gasteiger partial charge in [-0.15, -0.1) is 0 Å². The molecular weight excluding hydrogens is 405 g/mol. The van der Waals surface area contributed by atoms with Gasteiger partial charge in [0.25, 0.3) is 0 Å². The SMILES string of the molecule is Cc1cc(I)n2nc(-c3cccc(Br)c3)cc2n1. The average Bonchev–Trinajstić information content (AvgIpc) is 2.73. The van der Waals surface area contributed by atoms with Crippen molar-refractivity contribution < 1.29 is 0 Å². The maximum absolute atomic E-state index is 4.59. The molecule has 90 valence electrons. The van der Waals surface area contributed by atoms with E-state index in [-0.39, 0.29) is 0 Å². The van der Waals surface area contributed by atoms with Crippen molar-refractivity contribution in [3.8, 4) is 11.3 Å². The van der Waals surface area contributed by atoms with E-state index in [1.807, 2.05) is 41.8 Å². The van der Waals surface area contributed by atoms with E-state index in [1.165, 1.54) is 0 Å². The summed E-state index contributed by atoms with van der Waals surface area (Å²) in [5.41, 5.74) is 3.91. The Hall–Kier alpha value is -0.950. The second-order valence-electron chi connectivity index (χ2n) is 4.03. The number of aromatic nitrogens is 3. The van der Waals surface area contributed by atoms with Crippen LogP contribution < -0.4 is 0 Å². The number of rotatable bonds is 1. The molecule has 0 aliphatic heterocycles. The molecule has 3 nitrogen and oxygen atoms in total. The van der Waals surface area contributed by atoms with Gasteiger partial charge in [0.2, 0.25) is 0 Å². The van der Waals surface area contributed by atoms with Gasteiger partial charge in [-0.25, -0.2) is 9.50 Å². The highest BCUT2D eigenvalue weighted by atomic mass is 127. The Morgan fingerprint density at radius 3 is 2.83 bits per heavy atom. The Labute approximate surface area is 127 Å². The highest BCUT2D eigenvalue weighted by Crippen LogP contribution is 2.23. The van der Waals surface area contributed by atoms with Crippen molar-refractivity contribution in [3.63, 3.8) is 0 Å². The first-order chi connectivity index (χ1) is 8.63. The molecule has 0 unspecified atom stereocenters. The Bertz CT molecular complexity index is 736. The van der Waals surface area contributed by atoms with E-state index in [9.17, 15) is 0 Å². The summed E-state index contributed by atoms with van der Waals surface area (Å²) in [6, 6.07) is 12.1. The predicted molar refractivity (Wildman–Crippen MR) is 83.6 cm³/mol. The van der Waals surface area contributed by atoms with Crippen LogP contribution in [0.4, 0.5) is 0 Å². The Morgan fingerprint density at radius 2 is 2.06 bits per heavy atom. The fourth-order valence-corrected chi connectivity index (χ4v) is 3.05. The predicted octanol–water partition coefficient (Wildman–Crippen LogP) is 4.07. The number of halogens is 2. The Morgan fingerprint density at radius 1 is 1.22 bits per heavy atom. The summed E-state index contributed by atoms with van der Waals surface area (Å²) < 4.78 is 3.98. The molecule has 0 bridgehead atoms. The fraction of sp³-hybridized carbons (Fsp3) is 0.0769. The summed E-state index contributed by atoms with van der Waals surface area (Å²) in [6.07, 6.45) is 0. The highest BCUT2D eigenvalue weighted by Gasteiger charge is 2.08. The largest absolute Gasteiger partial charge is 0.234 e. The zero-order chi connectivity index (χ0) is 12.7. The molecule has 0 fully saturated rings. The number of fused-ring (bicyclic) bond motifs is 1. The maximum atomic E-state index is 4.59. The molecule has 2 aromatic heterocycles. The number of benzene rings is 1. The minimum atomic E-state index is 0.884. The first-order valence-corrected chi connectivity index (χ1v) is 7.29. The molecule has 18 heavy (non-hydrogen) atoms. The topological polar surface area (TPSA) is 30.2 Å². The van der Waals surface area contributed by atoms with Crippen molar-refractivity contribution >= 4 is 44.2 Å². The second kappa shape index (κ2) is 4.62. The summed E-state index contributed by atoms with van der Waals surface area (Å²) in [7, 11) is 0. The van der Waals surface area contributed by atoms with Crippen LogP contribution >= 0.6 is 38.5 Å². The second-order valence-corrected chi connectivity index (χ2v) is 6.05. The standard InChI is InChI=1S/C13H9BrIN3/c1-8-5-12(15)18-13(16-8)7-11(17-18)9-3-2-4-10(14)6-9/h2-7H,1H3. The van der Waals surface area contributed by atoms with Crippen LogP contribution in [-0.4, -0.2) is 14.6 Å². The van der Waals surface area contributed by atoms with Crippen LogP contribution in [-0.2, 0) is 0 Å². The first-order valence-electron chi connectivity index (χ1n) is 5.42. The van der Waals surface area contributed by atoms with Crippen molar-refractivity contribution in [3.05, 3.63) is 50.3 Å². The van der Waals surface area contributed by atoms with Gasteiger partial charge >= 0.3 is 0 Å². The molecule has 0 aliphatic carbocycles. The van der Waals surface area contributed by atoms with Gasteiger partial charge in [-0.1, -0.05) is 28.1 Å². The minimum absolute atomic E-state index is 0.884. The van der Waals surface area contributed by atoms with Gasteiger partial charge in [0.05, 0.1) is 5.69 Å². The number of nitrogens with zero attached hydrogens (tertiary/aromatic N) is 3. The summed E-state index contributed by atoms with van der Waals surface area (Å²) >= 11 is 5.75. The van der Waals surface area contributed by atoms with Crippen LogP contribution in [0.3, 0.4) is 0 Å². The lowest BCUT2D eigenvalue weighted by Gasteiger charge is -1.98. The maximum Gasteiger partial charge on any atom is 0.157 e. The molecule has 5 heteroatoms. The first kappa shape index (κ1) is 12.1. The minimum Gasteiger partial charge on any atom is -0.234 e. The van der Waals surface area contributed by atoms with Crippen LogP contribution in [0, 0.1) is 10.6 Å². The number of hydrogen-bond acceptors (Lipinski definition) is 2. The van der Waals surface area contributed by atoms with E-state index in [1.54, 1.807) is 0 Å². The monoisotopic (exact) mass is 413 g/mol. The summed E-state index contributed by atoms with van der Waals surface area (Å²) in [4.78, 5) is 4.49. The summed E-state index contributed by atoms with van der Waals surface area (Å²) in [5, 5.41) is 4.59. The van der Waals surface area contributed by atoms with Crippen LogP contribution in [0.15, 0.2) is 40.9 Å². The third kappa shape index (κ3) is 2.16. The Kier molecular flexibility index (Phi) is 3.11. The van der Waals surface area contributed by atoms with Crippen molar-refractivity contribution in [2.45, 2.75) is 6.92 Å². The molecule has 0 saturated heterocycles. The fourth-order valence-electron chi connectivity index (χ4n) is 1.84. The van der Waals surface area contributed by atoms with Crippen LogP contribution in [0.25, 0.3) is 16.9 Å². The molecule has 0 N–H and O–H groups in total. The van der Waals surface area contributed by atoms with Gasteiger partial charge in [0, 0.05) is 21.8 Å². The van der Waals surface area contributed by atoms with Gasteiger partial charge in [-0.3, -0.25) is 0 Å². The smallest absolute Gasteiger partial charge is 0.157 e. The van der Waals surface area contributed by atoms with E-state index in [2.05, 4.69) is 54.7 Å². The average molecular weight is 414 g/mol. The lowest BCUT2D eigenvalue weighted by Crippen LogP contribution is -1.96. The van der Waals surface area contributed by atoms with Gasteiger partial charge in [0.1, 0.15) is 3.70 Å². The molecule has 0 amide bonds. The van der Waals surface area contributed by atoms with Gasteiger partial charge in [0.15, 0.2) is 5.65 Å². The van der Waals surface area contributed by atoms with E-state index in [0.717, 1.165) is 30.8 Å². The van der Waals surface area contributed by atoms with Gasteiger partial charge < -0.3 is 0 Å². The van der Waals surface area contributed by atoms with Crippen molar-refractivity contribution in [2.24, 2.45) is 0 Å². The normalized spacial score (nSPS) is 11.1. The molecule has 0 spiro atoms. The van der Waals surface area contributed by atoms with Crippen LogP contribution in [0.5, 0.6) is 0 Å². The van der Waals surface area contributed by atoms with Gasteiger partial charge in [-0.05, 0) is 47.7 Å². The van der Waals surface area contributed by atoms with Crippen molar-refractivity contribution in [1.82, 2.24) is 14.6 Å². The van der Waals surface area contributed by atoms with Crippen molar-refractivity contribution in [2.75, 3.05) is 0 Å². The zero-order valence-electron chi connectivity index (χ0n) is 9.56. The molecule has 1 aromatic carbocycles. The summed E-state index contributed by atoms with van der Waals surface area (Å²) in [6.45, 7) is 1.99. The van der Waals surface area contributed by atoms with Crippen molar-refractivity contribution in [1.29, 1.82) is 0 Å². The molecule has 2 heterocycles. The zero-order valence-corrected chi connectivity index (χ0v) is 13.3. The van der Waals surface area contributed by atoms with Gasteiger partial charge in [-0.2, -0.15) is 5.10 Å². The van der Waals surface area contributed by atoms with E-state index >= 15 is 0 Å². The number of hydrogen-bond donors (Lipinski definition) is 0. The molecule has 3 aromatic rings. The third-order valence-corrected chi connectivity index (χ3v) is 3.89. The number of aryl methyl sites for hydroxylation is 1. The molecule has 0 atom stereocenters. The molecule has 3 rings (SSSR count). The lowest BCUT2D eigenvalue weighted by atomic mass is 10.2. The highest BCUT2D eigenvalue weighted by molar-refractivity contribution is 14.1. The van der Waals surface area contributed by atoms with Crippen LogP contribution in [0.2, 0.25) is 0 Å². The third-order valence-electron chi connectivity index (χ3n) is 2.63. The molecule has 0 radical (unpaired) electrons. The van der Waals surface area contributed by atoms with Crippen LogP contribution in [0.1, 0.15) is 5.69 Å². The van der Waals surface area contributed by atoms with E-state index < -0.39 is 0 Å². The van der Waals surface area contributed by atoms with E-state index in [4.69, 9.17) is 0 Å². The molecule has 0 aliphatic rings. The lowest BCUT2D eigenvalue weighted by molar-refractivity contribution is 0.905. The summed E-state index contributed by atoms with van der Waals surface area (Å²) in [5.74, 6) is 0. The molecular formula is C13H9BrIN3.